The number of hydrogen-bond donors (Lipinski definition) is 1. The van der Waals surface area contributed by atoms with Gasteiger partial charge in [-0.1, -0.05) is 13.8 Å². The van der Waals surface area contributed by atoms with Crippen LogP contribution in [0.4, 0.5) is 11.4 Å². The smallest absolute Gasteiger partial charge is 0.0376 e. The molecule has 1 atom stereocenters. The van der Waals surface area contributed by atoms with Gasteiger partial charge in [0.05, 0.1) is 0 Å². The summed E-state index contributed by atoms with van der Waals surface area (Å²) in [5.41, 5.74) is 4.73. The number of hydrogen-bond acceptors (Lipinski definition) is 2. The van der Waals surface area contributed by atoms with Gasteiger partial charge < -0.3 is 10.2 Å². The second-order valence-electron chi connectivity index (χ2n) is 6.76. The lowest BCUT2D eigenvalue weighted by molar-refractivity contribution is 0.418. The van der Waals surface area contributed by atoms with Gasteiger partial charge >= 0.3 is 0 Å². The summed E-state index contributed by atoms with van der Waals surface area (Å²) in [6.07, 6.45) is 3.77. The molecule has 0 aromatic heterocycles. The topological polar surface area (TPSA) is 15.3 Å². The van der Waals surface area contributed by atoms with E-state index in [2.05, 4.69) is 49.2 Å². The number of aryl methyl sites for hydroxylation is 1. The van der Waals surface area contributed by atoms with Crippen molar-refractivity contribution in [3.8, 4) is 0 Å². The van der Waals surface area contributed by atoms with E-state index in [1.54, 1.807) is 0 Å². The van der Waals surface area contributed by atoms with E-state index < -0.39 is 0 Å². The van der Waals surface area contributed by atoms with Crippen LogP contribution >= 0.6 is 0 Å². The van der Waals surface area contributed by atoms with Crippen molar-refractivity contribution in [2.24, 2.45) is 5.41 Å². The number of anilines is 2. The van der Waals surface area contributed by atoms with Crippen LogP contribution in [0, 0.1) is 5.41 Å². The predicted molar refractivity (Wildman–Crippen MR) is 78.5 cm³/mol. The zero-order valence-corrected chi connectivity index (χ0v) is 11.8. The highest BCUT2D eigenvalue weighted by Crippen LogP contribution is 2.35. The lowest BCUT2D eigenvalue weighted by atomic mass is 9.93. The predicted octanol–water partition coefficient (Wildman–Crippen LogP) is 3.67. The van der Waals surface area contributed by atoms with Crippen LogP contribution in [0.1, 0.15) is 39.2 Å². The Bertz CT molecular complexity index is 450. The van der Waals surface area contributed by atoms with Crippen LogP contribution in [0.25, 0.3) is 0 Å². The normalized spacial score (nSPS) is 25.7. The molecule has 1 N–H and O–H groups in total. The first kappa shape index (κ1) is 11.9. The molecule has 1 saturated heterocycles. The highest BCUT2D eigenvalue weighted by Gasteiger charge is 2.29. The molecule has 0 bridgehead atoms. The largest absolute Gasteiger partial charge is 0.382 e. The fourth-order valence-corrected chi connectivity index (χ4v) is 3.17. The minimum atomic E-state index is 0.475. The highest BCUT2D eigenvalue weighted by molar-refractivity contribution is 5.62. The number of rotatable bonds is 1. The van der Waals surface area contributed by atoms with Crippen LogP contribution in [0.2, 0.25) is 0 Å². The van der Waals surface area contributed by atoms with Gasteiger partial charge in [-0.15, -0.1) is 0 Å². The van der Waals surface area contributed by atoms with E-state index in [0.717, 1.165) is 0 Å². The molecule has 1 unspecified atom stereocenters. The van der Waals surface area contributed by atoms with Gasteiger partial charge in [-0.3, -0.25) is 0 Å². The number of nitrogens with one attached hydrogen (secondary N) is 1. The van der Waals surface area contributed by atoms with Crippen molar-refractivity contribution in [2.75, 3.05) is 23.3 Å². The highest BCUT2D eigenvalue weighted by atomic mass is 15.2. The van der Waals surface area contributed by atoms with Crippen molar-refractivity contribution < 1.29 is 0 Å². The minimum Gasteiger partial charge on any atom is -0.382 e. The summed E-state index contributed by atoms with van der Waals surface area (Å²) in [6, 6.07) is 7.57. The van der Waals surface area contributed by atoms with Crippen LogP contribution < -0.4 is 10.2 Å². The zero-order chi connectivity index (χ0) is 12.8. The fraction of sp³-hybridized carbons (Fsp3) is 0.625. The summed E-state index contributed by atoms with van der Waals surface area (Å²) in [5, 5.41) is 3.58. The lowest BCUT2D eigenvalue weighted by Crippen LogP contribution is -2.24. The molecule has 2 heterocycles. The van der Waals surface area contributed by atoms with Crippen molar-refractivity contribution in [3.05, 3.63) is 23.8 Å². The number of benzene rings is 1. The molecule has 3 rings (SSSR count). The molecule has 2 heteroatoms. The number of nitrogens with zero attached hydrogens (tertiary/aromatic N) is 1. The summed E-state index contributed by atoms with van der Waals surface area (Å²) in [5.74, 6) is 0. The van der Waals surface area contributed by atoms with Crippen molar-refractivity contribution in [3.63, 3.8) is 0 Å². The fourth-order valence-electron chi connectivity index (χ4n) is 3.17. The molecule has 0 amide bonds. The molecule has 2 aliphatic rings. The third kappa shape index (κ3) is 2.21. The first-order valence-corrected chi connectivity index (χ1v) is 7.18. The average molecular weight is 244 g/mol. The molecule has 0 radical (unpaired) electrons. The standard InChI is InChI=1S/C16H24N2/c1-12-4-5-13-10-14(6-7-15(13)17-12)18-9-8-16(2,3)11-18/h6-7,10,12,17H,4-5,8-9,11H2,1-3H3. The second kappa shape index (κ2) is 4.18. The van der Waals surface area contributed by atoms with E-state index in [0.29, 0.717) is 11.5 Å². The molecule has 18 heavy (non-hydrogen) atoms. The molecule has 1 fully saturated rings. The molecule has 1 aromatic rings. The molecule has 0 spiro atoms. The third-order valence-electron chi connectivity index (χ3n) is 4.38. The van der Waals surface area contributed by atoms with Crippen LogP contribution in [-0.4, -0.2) is 19.1 Å². The van der Waals surface area contributed by atoms with Crippen LogP contribution in [0.5, 0.6) is 0 Å². The van der Waals surface area contributed by atoms with E-state index in [1.165, 1.54) is 49.3 Å². The Balaban J connectivity index is 1.83. The Morgan fingerprint density at radius 3 is 2.89 bits per heavy atom. The van der Waals surface area contributed by atoms with Crippen LogP contribution in [0.15, 0.2) is 18.2 Å². The van der Waals surface area contributed by atoms with Crippen molar-refractivity contribution in [1.29, 1.82) is 0 Å². The van der Waals surface area contributed by atoms with Gasteiger partial charge in [0, 0.05) is 30.5 Å². The molecule has 0 aliphatic carbocycles. The van der Waals surface area contributed by atoms with Gasteiger partial charge in [0.15, 0.2) is 0 Å². The lowest BCUT2D eigenvalue weighted by Gasteiger charge is -2.27. The van der Waals surface area contributed by atoms with Gasteiger partial charge in [0.2, 0.25) is 0 Å². The zero-order valence-electron chi connectivity index (χ0n) is 11.8. The Labute approximate surface area is 110 Å². The summed E-state index contributed by atoms with van der Waals surface area (Å²) < 4.78 is 0. The first-order chi connectivity index (χ1) is 8.53. The van der Waals surface area contributed by atoms with Crippen LogP contribution in [0.3, 0.4) is 0 Å². The maximum Gasteiger partial charge on any atom is 0.0376 e. The Morgan fingerprint density at radius 1 is 1.33 bits per heavy atom. The first-order valence-electron chi connectivity index (χ1n) is 7.18. The van der Waals surface area contributed by atoms with Gasteiger partial charge in [-0.25, -0.2) is 0 Å². The van der Waals surface area contributed by atoms with Gasteiger partial charge in [0.1, 0.15) is 0 Å². The van der Waals surface area contributed by atoms with Gasteiger partial charge in [-0.05, 0) is 55.4 Å². The Morgan fingerprint density at radius 2 is 2.17 bits per heavy atom. The SMILES string of the molecule is CC1CCc2cc(N3CCC(C)(C)C3)ccc2N1. The molecule has 2 aliphatic heterocycles. The van der Waals surface area contributed by atoms with E-state index in [1.807, 2.05) is 0 Å². The second-order valence-corrected chi connectivity index (χ2v) is 6.76. The monoisotopic (exact) mass is 244 g/mol. The summed E-state index contributed by atoms with van der Waals surface area (Å²) >= 11 is 0. The van der Waals surface area contributed by atoms with E-state index in [4.69, 9.17) is 0 Å². The van der Waals surface area contributed by atoms with E-state index in [9.17, 15) is 0 Å². The third-order valence-corrected chi connectivity index (χ3v) is 4.38. The van der Waals surface area contributed by atoms with Gasteiger partial charge in [0.25, 0.3) is 0 Å². The number of fused-ring (bicyclic) bond motifs is 1. The minimum absolute atomic E-state index is 0.475. The Kier molecular flexibility index (Phi) is 2.76. The molecule has 1 aromatic carbocycles. The maximum absolute atomic E-state index is 3.58. The van der Waals surface area contributed by atoms with Crippen molar-refractivity contribution >= 4 is 11.4 Å². The van der Waals surface area contributed by atoms with E-state index in [-0.39, 0.29) is 0 Å². The molecule has 98 valence electrons. The van der Waals surface area contributed by atoms with Crippen molar-refractivity contribution in [2.45, 2.75) is 46.1 Å². The summed E-state index contributed by atoms with van der Waals surface area (Å²) in [7, 11) is 0. The quantitative estimate of drug-likeness (QED) is 0.811. The molecular weight excluding hydrogens is 220 g/mol. The van der Waals surface area contributed by atoms with Crippen molar-refractivity contribution in [1.82, 2.24) is 0 Å². The maximum atomic E-state index is 3.58. The molecule has 0 saturated carbocycles. The molecular formula is C16H24N2. The Hall–Kier alpha value is -1.18. The van der Waals surface area contributed by atoms with E-state index >= 15 is 0 Å². The average Bonchev–Trinajstić information content (AvgIpc) is 2.69. The molecule has 2 nitrogen and oxygen atoms in total. The summed E-state index contributed by atoms with van der Waals surface area (Å²) in [6.45, 7) is 9.40. The summed E-state index contributed by atoms with van der Waals surface area (Å²) in [4.78, 5) is 2.54. The van der Waals surface area contributed by atoms with Gasteiger partial charge in [-0.2, -0.15) is 0 Å². The van der Waals surface area contributed by atoms with Crippen LogP contribution in [-0.2, 0) is 6.42 Å².